The van der Waals surface area contributed by atoms with Crippen LogP contribution >= 0.6 is 11.6 Å². The number of sulfonamides is 1. The van der Waals surface area contributed by atoms with Crippen LogP contribution in [0.3, 0.4) is 0 Å². The van der Waals surface area contributed by atoms with E-state index in [0.29, 0.717) is 33.5 Å². The van der Waals surface area contributed by atoms with Gasteiger partial charge in [0.1, 0.15) is 11.5 Å². The van der Waals surface area contributed by atoms with E-state index < -0.39 is 10.0 Å². The SMILES string of the molecule is CC1=NN(c2ccc(S(N)(=O)=O)cc2)C(=O)C1=Cc1ccc(-c2cccc(Cl)c2)o1. The number of carbonyl (C=O) groups excluding carboxylic acids is 1. The molecule has 152 valence electrons. The Kier molecular flexibility index (Phi) is 5.07. The molecule has 9 heteroatoms. The summed E-state index contributed by atoms with van der Waals surface area (Å²) < 4.78 is 28.6. The zero-order chi connectivity index (χ0) is 21.5. The summed E-state index contributed by atoms with van der Waals surface area (Å²) in [6, 6.07) is 16.4. The highest BCUT2D eigenvalue weighted by atomic mass is 35.5. The first-order valence-corrected chi connectivity index (χ1v) is 10.8. The zero-order valence-electron chi connectivity index (χ0n) is 15.7. The highest BCUT2D eigenvalue weighted by Crippen LogP contribution is 2.29. The van der Waals surface area contributed by atoms with Crippen LogP contribution in [-0.4, -0.2) is 20.0 Å². The number of rotatable bonds is 4. The van der Waals surface area contributed by atoms with Gasteiger partial charge in [-0.1, -0.05) is 23.7 Å². The van der Waals surface area contributed by atoms with Crippen molar-refractivity contribution in [1.29, 1.82) is 0 Å². The molecule has 0 fully saturated rings. The summed E-state index contributed by atoms with van der Waals surface area (Å²) in [7, 11) is -3.81. The van der Waals surface area contributed by atoms with Crippen molar-refractivity contribution >= 4 is 45.0 Å². The molecule has 30 heavy (non-hydrogen) atoms. The minimum Gasteiger partial charge on any atom is -0.457 e. The molecule has 2 heterocycles. The molecule has 1 aliphatic heterocycles. The number of hydrogen-bond donors (Lipinski definition) is 1. The standard InChI is InChI=1S/C21H16ClN3O4S/c1-13-19(12-17-7-10-20(29-17)14-3-2-4-15(22)11-14)21(26)25(24-13)16-5-8-18(9-6-16)30(23,27)28/h2-12H,1H3,(H2,23,27,28). The van der Waals surface area contributed by atoms with Gasteiger partial charge in [-0.25, -0.2) is 13.6 Å². The lowest BCUT2D eigenvalue weighted by atomic mass is 10.1. The predicted molar refractivity (Wildman–Crippen MR) is 116 cm³/mol. The van der Waals surface area contributed by atoms with Gasteiger partial charge in [0.05, 0.1) is 21.9 Å². The Bertz CT molecular complexity index is 1310. The molecule has 0 saturated carbocycles. The minimum atomic E-state index is -3.81. The summed E-state index contributed by atoms with van der Waals surface area (Å²) in [4.78, 5) is 12.8. The molecule has 0 atom stereocenters. The largest absolute Gasteiger partial charge is 0.457 e. The molecule has 7 nitrogen and oxygen atoms in total. The average molecular weight is 442 g/mol. The van der Waals surface area contributed by atoms with Gasteiger partial charge < -0.3 is 4.42 Å². The lowest BCUT2D eigenvalue weighted by molar-refractivity contribution is -0.114. The maximum absolute atomic E-state index is 12.9. The summed E-state index contributed by atoms with van der Waals surface area (Å²) in [5.41, 5.74) is 2.13. The van der Waals surface area contributed by atoms with Gasteiger partial charge in [0, 0.05) is 10.6 Å². The van der Waals surface area contributed by atoms with E-state index in [1.807, 2.05) is 12.1 Å². The average Bonchev–Trinajstić information content (AvgIpc) is 3.28. The van der Waals surface area contributed by atoms with Crippen molar-refractivity contribution in [1.82, 2.24) is 0 Å². The molecule has 0 aliphatic carbocycles. The molecule has 1 amide bonds. The van der Waals surface area contributed by atoms with E-state index in [9.17, 15) is 13.2 Å². The molecule has 2 N–H and O–H groups in total. The third-order valence-corrected chi connectivity index (χ3v) is 5.66. The van der Waals surface area contributed by atoms with Gasteiger partial charge in [-0.05, 0) is 61.5 Å². The Morgan fingerprint density at radius 2 is 1.83 bits per heavy atom. The molecule has 1 aromatic heterocycles. The van der Waals surface area contributed by atoms with Crippen LogP contribution < -0.4 is 10.1 Å². The van der Waals surface area contributed by atoms with Gasteiger partial charge in [0.15, 0.2) is 0 Å². The van der Waals surface area contributed by atoms with Crippen LogP contribution in [0.25, 0.3) is 17.4 Å². The van der Waals surface area contributed by atoms with Gasteiger partial charge in [-0.15, -0.1) is 0 Å². The van der Waals surface area contributed by atoms with Gasteiger partial charge in [-0.3, -0.25) is 4.79 Å². The van der Waals surface area contributed by atoms with Crippen molar-refractivity contribution in [3.8, 4) is 11.3 Å². The van der Waals surface area contributed by atoms with Crippen LogP contribution in [0.4, 0.5) is 5.69 Å². The summed E-state index contributed by atoms with van der Waals surface area (Å²) >= 11 is 6.03. The van der Waals surface area contributed by atoms with Crippen molar-refractivity contribution in [2.45, 2.75) is 11.8 Å². The Morgan fingerprint density at radius 3 is 2.50 bits per heavy atom. The topological polar surface area (TPSA) is 106 Å². The molecule has 0 saturated heterocycles. The number of furan rings is 1. The van der Waals surface area contributed by atoms with Crippen molar-refractivity contribution in [2.75, 3.05) is 5.01 Å². The fourth-order valence-electron chi connectivity index (χ4n) is 3.01. The summed E-state index contributed by atoms with van der Waals surface area (Å²) in [6.07, 6.45) is 1.62. The maximum atomic E-state index is 12.9. The summed E-state index contributed by atoms with van der Waals surface area (Å²) in [6.45, 7) is 1.71. The molecule has 3 aromatic rings. The lowest BCUT2D eigenvalue weighted by Crippen LogP contribution is -2.21. The molecule has 0 bridgehead atoms. The first-order valence-electron chi connectivity index (χ1n) is 8.83. The highest BCUT2D eigenvalue weighted by molar-refractivity contribution is 7.89. The zero-order valence-corrected chi connectivity index (χ0v) is 17.3. The van der Waals surface area contributed by atoms with Crippen molar-refractivity contribution in [3.05, 3.63) is 77.0 Å². The smallest absolute Gasteiger partial charge is 0.280 e. The van der Waals surface area contributed by atoms with Crippen molar-refractivity contribution in [2.24, 2.45) is 10.2 Å². The molecule has 1 aliphatic rings. The van der Waals surface area contributed by atoms with Crippen LogP contribution in [-0.2, 0) is 14.8 Å². The Hall–Kier alpha value is -3.20. The van der Waals surface area contributed by atoms with Crippen LogP contribution in [0.1, 0.15) is 12.7 Å². The molecule has 2 aromatic carbocycles. The monoisotopic (exact) mass is 441 g/mol. The Labute approximate surface area is 178 Å². The second-order valence-corrected chi connectivity index (χ2v) is 8.61. The first kappa shape index (κ1) is 20.1. The van der Waals surface area contributed by atoms with Crippen molar-refractivity contribution < 1.29 is 17.6 Å². The first-order chi connectivity index (χ1) is 14.2. The van der Waals surface area contributed by atoms with Gasteiger partial charge in [0.2, 0.25) is 10.0 Å². The van der Waals surface area contributed by atoms with E-state index in [0.717, 1.165) is 5.56 Å². The fourth-order valence-corrected chi connectivity index (χ4v) is 3.71. The van der Waals surface area contributed by atoms with Crippen molar-refractivity contribution in [3.63, 3.8) is 0 Å². The molecule has 0 spiro atoms. The van der Waals surface area contributed by atoms with E-state index in [2.05, 4.69) is 5.10 Å². The van der Waals surface area contributed by atoms with E-state index in [1.54, 1.807) is 37.3 Å². The number of carbonyl (C=O) groups is 1. The third-order valence-electron chi connectivity index (χ3n) is 4.49. The number of benzene rings is 2. The minimum absolute atomic E-state index is 0.0431. The van der Waals surface area contributed by atoms with Crippen LogP contribution in [0.2, 0.25) is 5.02 Å². The van der Waals surface area contributed by atoms with Gasteiger partial charge in [-0.2, -0.15) is 10.1 Å². The number of anilines is 1. The van der Waals surface area contributed by atoms with E-state index in [1.165, 1.54) is 29.3 Å². The van der Waals surface area contributed by atoms with Gasteiger partial charge >= 0.3 is 0 Å². The lowest BCUT2D eigenvalue weighted by Gasteiger charge is -2.11. The normalized spacial score (nSPS) is 15.7. The number of hydrogen-bond acceptors (Lipinski definition) is 5. The maximum Gasteiger partial charge on any atom is 0.280 e. The Morgan fingerprint density at radius 1 is 1.10 bits per heavy atom. The number of hydrazone groups is 1. The highest BCUT2D eigenvalue weighted by Gasteiger charge is 2.29. The quantitative estimate of drug-likeness (QED) is 0.616. The molecule has 0 unspecified atom stereocenters. The number of nitrogens with zero attached hydrogens (tertiary/aromatic N) is 2. The number of primary sulfonamides is 1. The second kappa shape index (κ2) is 7.56. The Balaban J connectivity index is 1.60. The van der Waals surface area contributed by atoms with E-state index in [4.69, 9.17) is 21.2 Å². The predicted octanol–water partition coefficient (Wildman–Crippen LogP) is 4.05. The number of halogens is 1. The number of amides is 1. The molecular formula is C21H16ClN3O4S. The van der Waals surface area contributed by atoms with Crippen LogP contribution in [0.5, 0.6) is 0 Å². The molecule has 4 rings (SSSR count). The van der Waals surface area contributed by atoms with Crippen LogP contribution in [0.15, 0.2) is 80.7 Å². The van der Waals surface area contributed by atoms with Crippen LogP contribution in [0, 0.1) is 0 Å². The number of nitrogens with two attached hydrogens (primary N) is 1. The summed E-state index contributed by atoms with van der Waals surface area (Å²) in [5, 5.41) is 11.2. The fraction of sp³-hybridized carbons (Fsp3) is 0.0476. The van der Waals surface area contributed by atoms with E-state index in [-0.39, 0.29) is 10.8 Å². The second-order valence-electron chi connectivity index (χ2n) is 6.61. The van der Waals surface area contributed by atoms with E-state index >= 15 is 0 Å². The third kappa shape index (κ3) is 3.93. The molecular weight excluding hydrogens is 426 g/mol. The van der Waals surface area contributed by atoms with Gasteiger partial charge in [0.25, 0.3) is 5.91 Å². The summed E-state index contributed by atoms with van der Waals surface area (Å²) in [5.74, 6) is 0.769. The molecule has 0 radical (unpaired) electrons.